The van der Waals surface area contributed by atoms with Crippen LogP contribution in [0.5, 0.6) is 0 Å². The standard InChI is InChI=1S/C29H24N6O/c1-19(36)33-24-9-3-2-8-23(24)20-13-15-22(16-14-20)35-27-12-5-4-11-26(27)34(29(35)30)17-21-7-6-10-25-28(21)32-18-31-25/h2-16,18,30H,17H2,1H3,(H,31,32)(H,33,36). The number of hydrogen-bond acceptors (Lipinski definition) is 3. The Labute approximate surface area is 207 Å². The summed E-state index contributed by atoms with van der Waals surface area (Å²) in [5, 5.41) is 12.0. The van der Waals surface area contributed by atoms with E-state index in [9.17, 15) is 4.79 Å². The van der Waals surface area contributed by atoms with Crippen molar-refractivity contribution >= 4 is 33.7 Å². The molecule has 6 rings (SSSR count). The molecule has 7 nitrogen and oxygen atoms in total. The first-order chi connectivity index (χ1) is 17.6. The van der Waals surface area contributed by atoms with Gasteiger partial charge in [0.1, 0.15) is 0 Å². The number of benzene rings is 4. The first-order valence-electron chi connectivity index (χ1n) is 11.7. The fourth-order valence-corrected chi connectivity index (χ4v) is 4.80. The maximum Gasteiger partial charge on any atom is 0.221 e. The van der Waals surface area contributed by atoms with Crippen molar-refractivity contribution in [1.82, 2.24) is 19.1 Å². The molecule has 3 N–H and O–H groups in total. The molecule has 2 aromatic heterocycles. The lowest BCUT2D eigenvalue weighted by atomic mass is 10.0. The van der Waals surface area contributed by atoms with Crippen molar-refractivity contribution in [3.8, 4) is 16.8 Å². The van der Waals surface area contributed by atoms with Gasteiger partial charge in [0.15, 0.2) is 0 Å². The monoisotopic (exact) mass is 472 g/mol. The Balaban J connectivity index is 1.44. The number of nitrogens with zero attached hydrogens (tertiary/aromatic N) is 3. The van der Waals surface area contributed by atoms with E-state index in [-0.39, 0.29) is 5.91 Å². The van der Waals surface area contributed by atoms with Crippen molar-refractivity contribution in [2.75, 3.05) is 5.32 Å². The van der Waals surface area contributed by atoms with E-state index in [1.807, 2.05) is 94.1 Å². The summed E-state index contributed by atoms with van der Waals surface area (Å²) in [6.07, 6.45) is 1.70. The molecule has 36 heavy (non-hydrogen) atoms. The Morgan fingerprint density at radius 3 is 2.47 bits per heavy atom. The van der Waals surface area contributed by atoms with Crippen LogP contribution in [-0.4, -0.2) is 25.0 Å². The number of fused-ring (bicyclic) bond motifs is 2. The summed E-state index contributed by atoms with van der Waals surface area (Å²) < 4.78 is 3.97. The quantitative estimate of drug-likeness (QED) is 0.311. The second kappa shape index (κ2) is 8.70. The minimum atomic E-state index is -0.105. The van der Waals surface area contributed by atoms with Gasteiger partial charge < -0.3 is 14.9 Å². The van der Waals surface area contributed by atoms with Gasteiger partial charge in [0.25, 0.3) is 0 Å². The van der Waals surface area contributed by atoms with Crippen molar-refractivity contribution in [2.45, 2.75) is 13.5 Å². The van der Waals surface area contributed by atoms with E-state index < -0.39 is 0 Å². The van der Waals surface area contributed by atoms with Gasteiger partial charge in [-0.3, -0.25) is 14.8 Å². The summed E-state index contributed by atoms with van der Waals surface area (Å²) >= 11 is 0. The highest BCUT2D eigenvalue weighted by molar-refractivity contribution is 5.94. The summed E-state index contributed by atoms with van der Waals surface area (Å²) in [6, 6.07) is 30.0. The number of aromatic nitrogens is 4. The maximum absolute atomic E-state index is 11.6. The SMILES string of the molecule is CC(=O)Nc1ccccc1-c1ccc(-n2c(=N)n(Cc3cccc4[nH]cnc34)c3ccccc32)cc1. The second-order valence-corrected chi connectivity index (χ2v) is 8.72. The molecule has 0 aliphatic heterocycles. The van der Waals surface area contributed by atoms with Gasteiger partial charge in [0.2, 0.25) is 11.5 Å². The smallest absolute Gasteiger partial charge is 0.221 e. The second-order valence-electron chi connectivity index (χ2n) is 8.72. The number of rotatable bonds is 5. The molecule has 6 aromatic rings. The normalized spacial score (nSPS) is 11.2. The molecule has 0 spiro atoms. The van der Waals surface area contributed by atoms with Gasteiger partial charge in [-0.25, -0.2) is 4.98 Å². The molecule has 0 fully saturated rings. The zero-order valence-electron chi connectivity index (χ0n) is 19.7. The lowest BCUT2D eigenvalue weighted by Gasteiger charge is -2.11. The van der Waals surface area contributed by atoms with Gasteiger partial charge in [-0.05, 0) is 47.5 Å². The van der Waals surface area contributed by atoms with E-state index in [1.54, 1.807) is 6.33 Å². The first-order valence-corrected chi connectivity index (χ1v) is 11.7. The Morgan fingerprint density at radius 1 is 0.917 bits per heavy atom. The number of H-pyrrole nitrogens is 1. The number of carbonyl (C=O) groups excluding carboxylic acids is 1. The zero-order valence-corrected chi connectivity index (χ0v) is 19.7. The largest absolute Gasteiger partial charge is 0.345 e. The maximum atomic E-state index is 11.6. The fourth-order valence-electron chi connectivity index (χ4n) is 4.80. The molecule has 0 bridgehead atoms. The molecular weight excluding hydrogens is 448 g/mol. The van der Waals surface area contributed by atoms with E-state index in [0.717, 1.165) is 50.1 Å². The van der Waals surface area contributed by atoms with E-state index in [1.165, 1.54) is 6.92 Å². The van der Waals surface area contributed by atoms with Crippen LogP contribution < -0.4 is 10.9 Å². The molecule has 0 saturated carbocycles. The van der Waals surface area contributed by atoms with Gasteiger partial charge in [0.05, 0.1) is 34.9 Å². The summed E-state index contributed by atoms with van der Waals surface area (Å²) in [5.41, 5.74) is 8.90. The summed E-state index contributed by atoms with van der Waals surface area (Å²) in [6.45, 7) is 2.05. The van der Waals surface area contributed by atoms with E-state index in [0.29, 0.717) is 12.2 Å². The van der Waals surface area contributed by atoms with Crippen molar-refractivity contribution in [3.05, 3.63) is 109 Å². The highest BCUT2D eigenvalue weighted by atomic mass is 16.1. The predicted molar refractivity (Wildman–Crippen MR) is 142 cm³/mol. The minimum absolute atomic E-state index is 0.105. The number of imidazole rings is 2. The third-order valence-corrected chi connectivity index (χ3v) is 6.42. The van der Waals surface area contributed by atoms with Crippen LogP contribution in [0, 0.1) is 5.41 Å². The van der Waals surface area contributed by atoms with Crippen LogP contribution >= 0.6 is 0 Å². The summed E-state index contributed by atoms with van der Waals surface area (Å²) in [4.78, 5) is 19.3. The van der Waals surface area contributed by atoms with Crippen LogP contribution in [0.1, 0.15) is 12.5 Å². The molecule has 4 aromatic carbocycles. The van der Waals surface area contributed by atoms with Crippen LogP contribution in [0.2, 0.25) is 0 Å². The fraction of sp³-hybridized carbons (Fsp3) is 0.0690. The van der Waals surface area contributed by atoms with Crippen LogP contribution in [0.25, 0.3) is 38.9 Å². The van der Waals surface area contributed by atoms with Crippen molar-refractivity contribution in [3.63, 3.8) is 0 Å². The molecule has 1 amide bonds. The minimum Gasteiger partial charge on any atom is -0.345 e. The number of aromatic amines is 1. The Kier molecular flexibility index (Phi) is 5.22. The predicted octanol–water partition coefficient (Wildman–Crippen LogP) is 5.46. The summed E-state index contributed by atoms with van der Waals surface area (Å²) in [5.74, 6) is -0.105. The van der Waals surface area contributed by atoms with Gasteiger partial charge in [0, 0.05) is 23.9 Å². The van der Waals surface area contributed by atoms with Crippen molar-refractivity contribution in [1.29, 1.82) is 5.41 Å². The molecule has 176 valence electrons. The number of anilines is 1. The molecule has 0 radical (unpaired) electrons. The molecule has 7 heteroatoms. The summed E-state index contributed by atoms with van der Waals surface area (Å²) in [7, 11) is 0. The third kappa shape index (κ3) is 3.67. The molecular formula is C29H24N6O. The molecule has 0 aliphatic rings. The van der Waals surface area contributed by atoms with Crippen LogP contribution in [-0.2, 0) is 11.3 Å². The van der Waals surface area contributed by atoms with Crippen LogP contribution in [0.4, 0.5) is 5.69 Å². The van der Waals surface area contributed by atoms with Gasteiger partial charge in [-0.1, -0.05) is 54.6 Å². The van der Waals surface area contributed by atoms with Crippen molar-refractivity contribution < 1.29 is 4.79 Å². The van der Waals surface area contributed by atoms with E-state index in [2.05, 4.69) is 21.4 Å². The molecule has 2 heterocycles. The van der Waals surface area contributed by atoms with Crippen molar-refractivity contribution in [2.24, 2.45) is 0 Å². The number of nitrogens with one attached hydrogen (secondary N) is 3. The zero-order chi connectivity index (χ0) is 24.6. The lowest BCUT2D eigenvalue weighted by Crippen LogP contribution is -2.24. The molecule has 0 saturated heterocycles. The van der Waals surface area contributed by atoms with Crippen LogP contribution in [0.15, 0.2) is 97.3 Å². The molecule has 0 aliphatic carbocycles. The van der Waals surface area contributed by atoms with Crippen LogP contribution in [0.3, 0.4) is 0 Å². The highest BCUT2D eigenvalue weighted by Gasteiger charge is 2.15. The first kappa shape index (κ1) is 21.6. The van der Waals surface area contributed by atoms with Gasteiger partial charge >= 0.3 is 0 Å². The molecule has 0 atom stereocenters. The average Bonchev–Trinajstić information content (AvgIpc) is 3.48. The Hall–Kier alpha value is -4.91. The Morgan fingerprint density at radius 2 is 1.67 bits per heavy atom. The van der Waals surface area contributed by atoms with E-state index >= 15 is 0 Å². The number of para-hydroxylation sites is 4. The number of amides is 1. The number of hydrogen-bond donors (Lipinski definition) is 3. The number of carbonyl (C=O) groups is 1. The topological polar surface area (TPSA) is 91.5 Å². The lowest BCUT2D eigenvalue weighted by molar-refractivity contribution is -0.114. The third-order valence-electron chi connectivity index (χ3n) is 6.42. The Bertz CT molecular complexity index is 1790. The average molecular weight is 473 g/mol. The highest BCUT2D eigenvalue weighted by Crippen LogP contribution is 2.29. The van der Waals surface area contributed by atoms with Gasteiger partial charge in [-0.15, -0.1) is 0 Å². The van der Waals surface area contributed by atoms with Gasteiger partial charge in [-0.2, -0.15) is 0 Å². The van der Waals surface area contributed by atoms with E-state index in [4.69, 9.17) is 5.41 Å². The molecule has 0 unspecified atom stereocenters.